The van der Waals surface area contributed by atoms with Crippen LogP contribution in [0.25, 0.3) is 11.3 Å². The van der Waals surface area contributed by atoms with Crippen LogP contribution >= 0.6 is 0 Å². The summed E-state index contributed by atoms with van der Waals surface area (Å²) in [5.41, 5.74) is 3.25. The zero-order valence-corrected chi connectivity index (χ0v) is 17.6. The molecular weight excluding hydrogens is 380 g/mol. The van der Waals surface area contributed by atoms with E-state index in [1.54, 1.807) is 32.6 Å². The lowest BCUT2D eigenvalue weighted by Gasteiger charge is -2.16. The molecule has 30 heavy (non-hydrogen) atoms. The highest BCUT2D eigenvalue weighted by Gasteiger charge is 2.12. The second-order valence-electron chi connectivity index (χ2n) is 7.10. The summed E-state index contributed by atoms with van der Waals surface area (Å²) < 4.78 is 5.48. The number of carbonyl (C=O) groups excluding carboxylic acids is 1. The van der Waals surface area contributed by atoms with Gasteiger partial charge in [-0.3, -0.25) is 4.79 Å². The van der Waals surface area contributed by atoms with E-state index in [2.05, 4.69) is 37.5 Å². The largest absolute Gasteiger partial charge is 0.496 e. The quantitative estimate of drug-likeness (QED) is 0.593. The molecule has 0 aliphatic heterocycles. The van der Waals surface area contributed by atoms with Gasteiger partial charge >= 0.3 is 0 Å². The molecule has 0 aliphatic carbocycles. The van der Waals surface area contributed by atoms with Crippen molar-refractivity contribution in [1.29, 1.82) is 0 Å². The topological polar surface area (TPSA) is 102 Å². The number of aromatic nitrogens is 4. The van der Waals surface area contributed by atoms with Crippen LogP contribution in [0.2, 0.25) is 0 Å². The minimum absolute atomic E-state index is 0.131. The zero-order chi connectivity index (χ0) is 21.5. The van der Waals surface area contributed by atoms with Crippen molar-refractivity contribution in [2.45, 2.75) is 20.3 Å². The summed E-state index contributed by atoms with van der Waals surface area (Å²) in [6.07, 6.45) is 5.84. The van der Waals surface area contributed by atoms with Crippen molar-refractivity contribution in [2.24, 2.45) is 5.92 Å². The number of hydrogen-bond acceptors (Lipinski definition) is 7. The summed E-state index contributed by atoms with van der Waals surface area (Å²) in [6.45, 7) is 4.72. The van der Waals surface area contributed by atoms with Crippen molar-refractivity contribution in [1.82, 2.24) is 25.3 Å². The molecule has 2 aromatic heterocycles. The standard InChI is InChI=1S/C22H26N6O2/c1-14(7-16-5-6-17(22(29)23-3)8-20(16)30-4)10-26-21-9-19(27-13-28-21)18-11-24-15(2)25-12-18/h5-6,8-9,11-14H,7,10H2,1-4H3,(H,23,29)(H,26,27,28). The van der Waals surface area contributed by atoms with Gasteiger partial charge in [0.2, 0.25) is 0 Å². The average molecular weight is 406 g/mol. The number of hydrogen-bond donors (Lipinski definition) is 2. The first-order valence-electron chi connectivity index (χ1n) is 9.74. The molecule has 0 saturated heterocycles. The van der Waals surface area contributed by atoms with Gasteiger partial charge in [0.15, 0.2) is 0 Å². The Morgan fingerprint density at radius 3 is 2.60 bits per heavy atom. The Hall–Kier alpha value is -3.55. The number of rotatable bonds is 8. The maximum absolute atomic E-state index is 11.8. The number of benzene rings is 1. The summed E-state index contributed by atoms with van der Waals surface area (Å²) in [7, 11) is 3.23. The van der Waals surface area contributed by atoms with E-state index in [0.29, 0.717) is 17.2 Å². The minimum Gasteiger partial charge on any atom is -0.496 e. The summed E-state index contributed by atoms with van der Waals surface area (Å²) >= 11 is 0. The molecule has 1 unspecified atom stereocenters. The van der Waals surface area contributed by atoms with Crippen LogP contribution in [0, 0.1) is 12.8 Å². The van der Waals surface area contributed by atoms with Crippen LogP contribution in [0.1, 0.15) is 28.7 Å². The molecule has 0 bridgehead atoms. The molecule has 8 nitrogen and oxygen atoms in total. The molecule has 1 aromatic carbocycles. The van der Waals surface area contributed by atoms with Gasteiger partial charge in [0.25, 0.3) is 5.91 Å². The maximum Gasteiger partial charge on any atom is 0.251 e. The van der Waals surface area contributed by atoms with Gasteiger partial charge in [-0.15, -0.1) is 0 Å². The Kier molecular flexibility index (Phi) is 6.90. The van der Waals surface area contributed by atoms with Crippen LogP contribution in [0.4, 0.5) is 5.82 Å². The predicted octanol–water partition coefficient (Wildman–Crippen LogP) is 2.90. The van der Waals surface area contributed by atoms with Crippen LogP contribution in [-0.4, -0.2) is 46.5 Å². The van der Waals surface area contributed by atoms with Crippen LogP contribution in [-0.2, 0) is 6.42 Å². The fourth-order valence-electron chi connectivity index (χ4n) is 3.06. The first kappa shape index (κ1) is 21.2. The van der Waals surface area contributed by atoms with Crippen LogP contribution in [0.3, 0.4) is 0 Å². The van der Waals surface area contributed by atoms with E-state index in [9.17, 15) is 4.79 Å². The SMILES string of the molecule is CNC(=O)c1ccc(CC(C)CNc2cc(-c3cnc(C)nc3)ncn2)c(OC)c1. The number of anilines is 1. The first-order chi connectivity index (χ1) is 14.5. The monoisotopic (exact) mass is 406 g/mol. The van der Waals surface area contributed by atoms with Gasteiger partial charge < -0.3 is 15.4 Å². The molecule has 1 atom stereocenters. The Labute approximate surface area is 176 Å². The molecule has 0 spiro atoms. The molecule has 0 saturated carbocycles. The third-order valence-electron chi connectivity index (χ3n) is 4.72. The molecule has 156 valence electrons. The van der Waals surface area contributed by atoms with Gasteiger partial charge in [-0.05, 0) is 37.0 Å². The van der Waals surface area contributed by atoms with Crippen molar-refractivity contribution in [3.8, 4) is 17.0 Å². The van der Waals surface area contributed by atoms with E-state index in [0.717, 1.165) is 41.4 Å². The highest BCUT2D eigenvalue weighted by atomic mass is 16.5. The number of amides is 1. The highest BCUT2D eigenvalue weighted by Crippen LogP contribution is 2.24. The van der Waals surface area contributed by atoms with Crippen molar-refractivity contribution in [3.05, 3.63) is 59.9 Å². The fraction of sp³-hybridized carbons (Fsp3) is 0.318. The molecule has 0 fully saturated rings. The van der Waals surface area contributed by atoms with Gasteiger partial charge in [-0.1, -0.05) is 13.0 Å². The van der Waals surface area contributed by atoms with Crippen molar-refractivity contribution < 1.29 is 9.53 Å². The Bertz CT molecular complexity index is 1010. The van der Waals surface area contributed by atoms with E-state index in [1.807, 2.05) is 25.1 Å². The zero-order valence-electron chi connectivity index (χ0n) is 17.6. The lowest BCUT2D eigenvalue weighted by Crippen LogP contribution is -2.18. The van der Waals surface area contributed by atoms with Crippen LogP contribution < -0.4 is 15.4 Å². The van der Waals surface area contributed by atoms with Crippen LogP contribution in [0.5, 0.6) is 5.75 Å². The molecule has 2 heterocycles. The molecule has 0 radical (unpaired) electrons. The van der Waals surface area contributed by atoms with Crippen molar-refractivity contribution in [3.63, 3.8) is 0 Å². The van der Waals surface area contributed by atoms with E-state index in [-0.39, 0.29) is 5.91 Å². The number of nitrogens with one attached hydrogen (secondary N) is 2. The molecule has 1 amide bonds. The second kappa shape index (κ2) is 9.78. The molecule has 3 aromatic rings. The predicted molar refractivity (Wildman–Crippen MR) is 116 cm³/mol. The number of nitrogens with zero attached hydrogens (tertiary/aromatic N) is 4. The van der Waals surface area contributed by atoms with Gasteiger partial charge in [0.1, 0.15) is 23.7 Å². The van der Waals surface area contributed by atoms with Gasteiger partial charge in [-0.2, -0.15) is 0 Å². The van der Waals surface area contributed by atoms with E-state index in [1.165, 1.54) is 6.33 Å². The number of aryl methyl sites for hydroxylation is 1. The lowest BCUT2D eigenvalue weighted by atomic mass is 9.98. The Balaban J connectivity index is 1.63. The third-order valence-corrected chi connectivity index (χ3v) is 4.72. The summed E-state index contributed by atoms with van der Waals surface area (Å²) in [5.74, 6) is 2.36. The second-order valence-corrected chi connectivity index (χ2v) is 7.10. The average Bonchev–Trinajstić information content (AvgIpc) is 2.78. The molecular formula is C22H26N6O2. The molecule has 2 N–H and O–H groups in total. The minimum atomic E-state index is -0.131. The molecule has 0 aliphatic rings. The first-order valence-corrected chi connectivity index (χ1v) is 9.74. The summed E-state index contributed by atoms with van der Waals surface area (Å²) in [6, 6.07) is 7.42. The third kappa shape index (κ3) is 5.28. The smallest absolute Gasteiger partial charge is 0.251 e. The van der Waals surface area contributed by atoms with E-state index < -0.39 is 0 Å². The number of ether oxygens (including phenoxy) is 1. The van der Waals surface area contributed by atoms with Gasteiger partial charge in [0, 0.05) is 43.2 Å². The van der Waals surface area contributed by atoms with E-state index >= 15 is 0 Å². The van der Waals surface area contributed by atoms with Crippen molar-refractivity contribution >= 4 is 11.7 Å². The Morgan fingerprint density at radius 2 is 1.90 bits per heavy atom. The van der Waals surface area contributed by atoms with Crippen LogP contribution in [0.15, 0.2) is 43.0 Å². The normalized spacial score (nSPS) is 11.6. The van der Waals surface area contributed by atoms with Crippen molar-refractivity contribution in [2.75, 3.05) is 26.0 Å². The van der Waals surface area contributed by atoms with E-state index in [4.69, 9.17) is 4.74 Å². The lowest BCUT2D eigenvalue weighted by molar-refractivity contribution is 0.0962. The molecule has 3 rings (SSSR count). The highest BCUT2D eigenvalue weighted by molar-refractivity contribution is 5.94. The fourth-order valence-corrected chi connectivity index (χ4v) is 3.06. The number of methoxy groups -OCH3 is 1. The van der Waals surface area contributed by atoms with Gasteiger partial charge in [-0.25, -0.2) is 19.9 Å². The Morgan fingerprint density at radius 1 is 1.13 bits per heavy atom. The summed E-state index contributed by atoms with van der Waals surface area (Å²) in [5, 5.41) is 5.99. The summed E-state index contributed by atoms with van der Waals surface area (Å²) in [4.78, 5) is 28.9. The maximum atomic E-state index is 11.8. The number of carbonyl (C=O) groups is 1. The van der Waals surface area contributed by atoms with Gasteiger partial charge in [0.05, 0.1) is 12.8 Å². The molecule has 8 heteroatoms.